The number of methoxy groups -OCH3 is 2. The van der Waals surface area contributed by atoms with Gasteiger partial charge in [-0.25, -0.2) is 13.1 Å². The first-order chi connectivity index (χ1) is 15.9. The van der Waals surface area contributed by atoms with Crippen LogP contribution in [0.25, 0.3) is 17.0 Å². The first-order valence-electron chi connectivity index (χ1n) is 9.74. The molecule has 0 saturated carbocycles. The number of halogens is 1. The second-order valence-electron chi connectivity index (χ2n) is 6.74. The summed E-state index contributed by atoms with van der Waals surface area (Å²) in [5.41, 5.74) is 1.35. The van der Waals surface area contributed by atoms with Crippen molar-refractivity contribution < 1.29 is 22.6 Å². The molecule has 0 unspecified atom stereocenters. The molecule has 0 bridgehead atoms. The lowest BCUT2D eigenvalue weighted by Gasteiger charge is -2.11. The zero-order valence-electron chi connectivity index (χ0n) is 17.7. The van der Waals surface area contributed by atoms with E-state index in [4.69, 9.17) is 25.8 Å². The maximum atomic E-state index is 12.6. The van der Waals surface area contributed by atoms with Crippen molar-refractivity contribution in [1.82, 2.24) is 24.5 Å². The lowest BCUT2D eigenvalue weighted by Crippen LogP contribution is -2.28. The molecule has 1 N–H and O–H groups in total. The van der Waals surface area contributed by atoms with E-state index in [1.807, 2.05) is 24.3 Å². The summed E-state index contributed by atoms with van der Waals surface area (Å²) in [5, 5.41) is 13.0. The number of rotatable bonds is 9. The Hall–Kier alpha value is -3.41. The molecule has 2 aromatic heterocycles. The predicted octanol–water partition coefficient (Wildman–Crippen LogP) is 2.82. The van der Waals surface area contributed by atoms with Crippen LogP contribution in [0.2, 0.25) is 5.02 Å². The quantitative estimate of drug-likeness (QED) is 0.357. The Balaban J connectivity index is 1.44. The van der Waals surface area contributed by atoms with Crippen molar-refractivity contribution in [2.45, 2.75) is 4.90 Å². The molecule has 0 aliphatic carbocycles. The van der Waals surface area contributed by atoms with Crippen LogP contribution < -0.4 is 18.9 Å². The molecular formula is C21H20ClN5O5S. The number of hydrogen-bond acceptors (Lipinski definition) is 8. The second-order valence-corrected chi connectivity index (χ2v) is 8.91. The second kappa shape index (κ2) is 9.61. The third kappa shape index (κ3) is 5.00. The summed E-state index contributed by atoms with van der Waals surface area (Å²) in [5.74, 6) is 1.74. The van der Waals surface area contributed by atoms with Gasteiger partial charge in [0.2, 0.25) is 15.9 Å². The molecule has 4 aromatic rings. The van der Waals surface area contributed by atoms with E-state index >= 15 is 0 Å². The first-order valence-corrected chi connectivity index (χ1v) is 11.6. The molecule has 33 heavy (non-hydrogen) atoms. The van der Waals surface area contributed by atoms with Gasteiger partial charge in [-0.15, -0.1) is 15.3 Å². The van der Waals surface area contributed by atoms with Crippen molar-refractivity contribution in [2.75, 3.05) is 27.4 Å². The number of benzene rings is 2. The standard InChI is InChI=1S/C21H20ClN5O5S/c1-30-16-6-3-14(4-7-16)21-25-24-19-9-10-20(26-27(19)21)32-12-11-23-33(28,29)18-13-15(22)5-8-17(18)31-2/h3-10,13,23H,11-12H2,1-2H3. The van der Waals surface area contributed by atoms with Crippen molar-refractivity contribution in [3.63, 3.8) is 0 Å². The average Bonchev–Trinajstić information content (AvgIpc) is 3.25. The van der Waals surface area contributed by atoms with E-state index in [-0.39, 0.29) is 34.7 Å². The van der Waals surface area contributed by atoms with Gasteiger partial charge < -0.3 is 14.2 Å². The highest BCUT2D eigenvalue weighted by atomic mass is 35.5. The zero-order chi connectivity index (χ0) is 23.4. The summed E-state index contributed by atoms with van der Waals surface area (Å²) in [4.78, 5) is -0.0503. The number of sulfonamides is 1. The van der Waals surface area contributed by atoms with Gasteiger partial charge in [0.25, 0.3) is 0 Å². The third-order valence-corrected chi connectivity index (χ3v) is 6.36. The zero-order valence-corrected chi connectivity index (χ0v) is 19.3. The molecule has 2 heterocycles. The van der Waals surface area contributed by atoms with E-state index in [0.29, 0.717) is 11.5 Å². The lowest BCUT2D eigenvalue weighted by atomic mass is 10.2. The minimum absolute atomic E-state index is 0.00519. The molecule has 2 aromatic carbocycles. The van der Waals surface area contributed by atoms with Crippen LogP contribution in [0.4, 0.5) is 0 Å². The molecule has 12 heteroatoms. The van der Waals surface area contributed by atoms with Crippen LogP contribution in [0.1, 0.15) is 0 Å². The Bertz CT molecular complexity index is 1380. The van der Waals surface area contributed by atoms with E-state index in [0.717, 1.165) is 11.3 Å². The van der Waals surface area contributed by atoms with Crippen molar-refractivity contribution in [3.8, 4) is 28.8 Å². The lowest BCUT2D eigenvalue weighted by molar-refractivity contribution is 0.305. The largest absolute Gasteiger partial charge is 0.497 e. The average molecular weight is 490 g/mol. The minimum Gasteiger partial charge on any atom is -0.497 e. The van der Waals surface area contributed by atoms with E-state index in [2.05, 4.69) is 20.0 Å². The third-order valence-electron chi connectivity index (χ3n) is 4.65. The van der Waals surface area contributed by atoms with Crippen LogP contribution in [0.3, 0.4) is 0 Å². The Kier molecular flexibility index (Phi) is 6.63. The van der Waals surface area contributed by atoms with Gasteiger partial charge in [-0.1, -0.05) is 11.6 Å². The highest BCUT2D eigenvalue weighted by molar-refractivity contribution is 7.89. The normalized spacial score (nSPS) is 11.5. The van der Waals surface area contributed by atoms with E-state index in [1.165, 1.54) is 19.2 Å². The van der Waals surface area contributed by atoms with Crippen molar-refractivity contribution >= 4 is 27.3 Å². The number of hydrogen-bond donors (Lipinski definition) is 1. The van der Waals surface area contributed by atoms with Crippen LogP contribution in [-0.4, -0.2) is 55.6 Å². The maximum Gasteiger partial charge on any atom is 0.244 e. The highest BCUT2D eigenvalue weighted by Crippen LogP contribution is 2.27. The van der Waals surface area contributed by atoms with Gasteiger partial charge in [-0.05, 0) is 48.5 Å². The van der Waals surface area contributed by atoms with Gasteiger partial charge in [0.05, 0.1) is 14.2 Å². The molecule has 0 fully saturated rings. The van der Waals surface area contributed by atoms with Crippen LogP contribution in [0.5, 0.6) is 17.4 Å². The molecule has 0 saturated heterocycles. The molecule has 0 radical (unpaired) electrons. The molecule has 0 aliphatic heterocycles. The molecule has 0 amide bonds. The van der Waals surface area contributed by atoms with Crippen LogP contribution >= 0.6 is 11.6 Å². The number of ether oxygens (including phenoxy) is 3. The summed E-state index contributed by atoms with van der Waals surface area (Å²) in [6, 6.07) is 15.1. The first kappa shape index (κ1) is 22.8. The summed E-state index contributed by atoms with van der Waals surface area (Å²) in [6.45, 7) is 0.0475. The Morgan fingerprint density at radius 2 is 1.79 bits per heavy atom. The monoisotopic (exact) mass is 489 g/mol. The van der Waals surface area contributed by atoms with Gasteiger partial charge in [0.1, 0.15) is 23.0 Å². The Morgan fingerprint density at radius 3 is 2.52 bits per heavy atom. The van der Waals surface area contributed by atoms with Gasteiger partial charge in [0.15, 0.2) is 11.5 Å². The van der Waals surface area contributed by atoms with Gasteiger partial charge >= 0.3 is 0 Å². The molecule has 172 valence electrons. The summed E-state index contributed by atoms with van der Waals surface area (Å²) < 4.78 is 45.2. The van der Waals surface area contributed by atoms with E-state index < -0.39 is 10.0 Å². The molecule has 4 rings (SSSR count). The molecular weight excluding hydrogens is 470 g/mol. The fraction of sp³-hybridized carbons (Fsp3) is 0.190. The highest BCUT2D eigenvalue weighted by Gasteiger charge is 2.19. The number of nitrogens with zero attached hydrogens (tertiary/aromatic N) is 4. The molecule has 0 spiro atoms. The van der Waals surface area contributed by atoms with E-state index in [9.17, 15) is 8.42 Å². The van der Waals surface area contributed by atoms with Crippen LogP contribution in [-0.2, 0) is 10.0 Å². The summed E-state index contributed by atoms with van der Waals surface area (Å²) in [7, 11) is -0.867. The fourth-order valence-electron chi connectivity index (χ4n) is 3.04. The molecule has 0 aliphatic rings. The number of fused-ring (bicyclic) bond motifs is 1. The van der Waals surface area contributed by atoms with Gasteiger partial charge in [-0.3, -0.25) is 0 Å². The number of aromatic nitrogens is 4. The Morgan fingerprint density at radius 1 is 1.00 bits per heavy atom. The fourth-order valence-corrected chi connectivity index (χ4v) is 4.48. The summed E-state index contributed by atoms with van der Waals surface area (Å²) >= 11 is 5.93. The molecule has 0 atom stereocenters. The van der Waals surface area contributed by atoms with Crippen LogP contribution in [0, 0.1) is 0 Å². The molecule has 10 nitrogen and oxygen atoms in total. The maximum absolute atomic E-state index is 12.6. The topological polar surface area (TPSA) is 117 Å². The van der Waals surface area contributed by atoms with Crippen molar-refractivity contribution in [1.29, 1.82) is 0 Å². The van der Waals surface area contributed by atoms with Crippen molar-refractivity contribution in [2.24, 2.45) is 0 Å². The Labute approximate surface area is 195 Å². The SMILES string of the molecule is COc1ccc(-c2nnc3ccc(OCCNS(=O)(=O)c4cc(Cl)ccc4OC)nn23)cc1. The van der Waals surface area contributed by atoms with Crippen molar-refractivity contribution in [3.05, 3.63) is 59.6 Å². The van der Waals surface area contributed by atoms with Crippen LogP contribution in [0.15, 0.2) is 59.5 Å². The number of nitrogens with one attached hydrogen (secondary N) is 1. The van der Waals surface area contributed by atoms with E-state index in [1.54, 1.807) is 29.8 Å². The minimum atomic E-state index is -3.85. The predicted molar refractivity (Wildman–Crippen MR) is 121 cm³/mol. The van der Waals surface area contributed by atoms with Gasteiger partial charge in [0, 0.05) is 23.2 Å². The smallest absolute Gasteiger partial charge is 0.244 e. The van der Waals surface area contributed by atoms with Gasteiger partial charge in [-0.2, -0.15) is 4.52 Å². The summed E-state index contributed by atoms with van der Waals surface area (Å²) in [6.07, 6.45) is 0.